The second-order valence-corrected chi connectivity index (χ2v) is 8.76. The number of esters is 2. The molecule has 1 saturated heterocycles. The predicted molar refractivity (Wildman–Crippen MR) is 142 cm³/mol. The van der Waals surface area contributed by atoms with E-state index in [1.165, 1.54) is 12.4 Å². The molecule has 1 fully saturated rings. The first-order chi connectivity index (χ1) is 18.3. The van der Waals surface area contributed by atoms with Crippen LogP contribution in [0.2, 0.25) is 0 Å². The second kappa shape index (κ2) is 11.8. The highest BCUT2D eigenvalue weighted by molar-refractivity contribution is 5.94. The van der Waals surface area contributed by atoms with E-state index in [0.29, 0.717) is 43.2 Å². The molecule has 1 aliphatic rings. The van der Waals surface area contributed by atoms with Gasteiger partial charge >= 0.3 is 11.9 Å². The quantitative estimate of drug-likeness (QED) is 0.348. The molecule has 11 heteroatoms. The first-order valence-corrected chi connectivity index (χ1v) is 12.2. The third-order valence-corrected chi connectivity index (χ3v) is 5.74. The van der Waals surface area contributed by atoms with Gasteiger partial charge in [0.1, 0.15) is 17.8 Å². The van der Waals surface area contributed by atoms with E-state index in [4.69, 9.17) is 9.47 Å². The fraction of sp³-hybridized carbons (Fsp3) is 0.333. The van der Waals surface area contributed by atoms with Crippen molar-refractivity contribution in [2.45, 2.75) is 20.0 Å². The molecule has 0 amide bonds. The number of hydrogen-bond donors (Lipinski definition) is 0. The van der Waals surface area contributed by atoms with Crippen LogP contribution in [-0.4, -0.2) is 78.4 Å². The van der Waals surface area contributed by atoms with Crippen molar-refractivity contribution in [1.82, 2.24) is 19.9 Å². The van der Waals surface area contributed by atoms with E-state index < -0.39 is 12.1 Å². The second-order valence-electron chi connectivity index (χ2n) is 8.76. The minimum Gasteiger partial charge on any atom is -0.462 e. The smallest absolute Gasteiger partial charge is 0.339 e. The van der Waals surface area contributed by atoms with Gasteiger partial charge in [-0.2, -0.15) is 0 Å². The summed E-state index contributed by atoms with van der Waals surface area (Å²) in [4.78, 5) is 44.0. The Balaban J connectivity index is 0.000000178. The highest BCUT2D eigenvalue weighted by atomic mass is 19.1. The summed E-state index contributed by atoms with van der Waals surface area (Å²) >= 11 is 0. The van der Waals surface area contributed by atoms with Crippen molar-refractivity contribution in [3.63, 3.8) is 0 Å². The molecule has 0 N–H and O–H groups in total. The zero-order valence-corrected chi connectivity index (χ0v) is 21.7. The molecule has 5 rings (SSSR count). The number of nitrogens with zero attached hydrogens (tertiary/aromatic N) is 6. The van der Waals surface area contributed by atoms with E-state index in [-0.39, 0.29) is 5.97 Å². The lowest BCUT2D eigenvalue weighted by Crippen LogP contribution is -2.48. The predicted octanol–water partition coefficient (Wildman–Crippen LogP) is 3.84. The normalized spacial score (nSPS) is 12.9. The van der Waals surface area contributed by atoms with Gasteiger partial charge in [-0.25, -0.2) is 23.9 Å². The summed E-state index contributed by atoms with van der Waals surface area (Å²) in [7, 11) is 3.84. The maximum absolute atomic E-state index is 12.8. The first-order valence-electron chi connectivity index (χ1n) is 12.2. The molecular formula is C27H29FN6O4. The Hall–Kier alpha value is -4.41. The van der Waals surface area contributed by atoms with Gasteiger partial charge in [0.15, 0.2) is 0 Å². The lowest BCUT2D eigenvalue weighted by molar-refractivity contribution is 0.0516. The van der Waals surface area contributed by atoms with Gasteiger partial charge in [-0.1, -0.05) is 0 Å². The highest BCUT2D eigenvalue weighted by Gasteiger charge is 2.27. The number of carbonyl (C=O) groups is 2. The molecule has 1 aliphatic heterocycles. The summed E-state index contributed by atoms with van der Waals surface area (Å²) in [5.74, 6) is 0.791. The van der Waals surface area contributed by atoms with Crippen molar-refractivity contribution < 1.29 is 23.5 Å². The molecule has 38 heavy (non-hydrogen) atoms. The van der Waals surface area contributed by atoms with Crippen LogP contribution in [-0.2, 0) is 9.47 Å². The third kappa shape index (κ3) is 6.10. The van der Waals surface area contributed by atoms with Crippen molar-refractivity contribution >= 4 is 45.4 Å². The molecular weight excluding hydrogens is 491 g/mol. The van der Waals surface area contributed by atoms with Crippen molar-refractivity contribution in [2.24, 2.45) is 0 Å². The number of aromatic nitrogens is 4. The Morgan fingerprint density at radius 2 is 1.37 bits per heavy atom. The fourth-order valence-electron chi connectivity index (χ4n) is 3.70. The first kappa shape index (κ1) is 26.6. The average molecular weight is 521 g/mol. The largest absolute Gasteiger partial charge is 0.462 e. The number of alkyl halides is 1. The molecule has 0 aromatic carbocycles. The Labute approximate surface area is 219 Å². The highest BCUT2D eigenvalue weighted by Crippen LogP contribution is 2.24. The molecule has 4 aromatic rings. The molecule has 0 atom stereocenters. The van der Waals surface area contributed by atoms with E-state index in [1.54, 1.807) is 44.4 Å². The van der Waals surface area contributed by atoms with Gasteiger partial charge < -0.3 is 19.3 Å². The van der Waals surface area contributed by atoms with Crippen LogP contribution in [0.3, 0.4) is 0 Å². The van der Waals surface area contributed by atoms with Crippen LogP contribution in [0.15, 0.2) is 49.1 Å². The molecule has 0 aliphatic carbocycles. The van der Waals surface area contributed by atoms with E-state index >= 15 is 0 Å². The number of rotatable bonds is 6. The van der Waals surface area contributed by atoms with Crippen molar-refractivity contribution in [3.8, 4) is 0 Å². The van der Waals surface area contributed by atoms with Gasteiger partial charge in [-0.3, -0.25) is 9.97 Å². The third-order valence-electron chi connectivity index (χ3n) is 5.74. The van der Waals surface area contributed by atoms with Crippen LogP contribution in [0.25, 0.3) is 21.8 Å². The topological polar surface area (TPSA) is 111 Å². The Morgan fingerprint density at radius 1 is 0.842 bits per heavy atom. The van der Waals surface area contributed by atoms with Crippen molar-refractivity contribution in [3.05, 3.63) is 60.2 Å². The van der Waals surface area contributed by atoms with E-state index in [2.05, 4.69) is 19.9 Å². The molecule has 5 heterocycles. The molecule has 0 spiro atoms. The number of carbonyl (C=O) groups excluding carboxylic acids is 2. The Kier molecular flexibility index (Phi) is 8.25. The van der Waals surface area contributed by atoms with Crippen molar-refractivity contribution in [2.75, 3.05) is 50.2 Å². The Morgan fingerprint density at radius 3 is 1.87 bits per heavy atom. The summed E-state index contributed by atoms with van der Waals surface area (Å²) in [5.41, 5.74) is 2.39. The summed E-state index contributed by atoms with van der Waals surface area (Å²) in [6.45, 7) is 4.96. The number of ether oxygens (including phenoxy) is 2. The van der Waals surface area contributed by atoms with Gasteiger partial charge in [-0.15, -0.1) is 0 Å². The molecule has 0 saturated carbocycles. The minimum absolute atomic E-state index is 0.327. The average Bonchev–Trinajstić information content (AvgIpc) is 2.90. The maximum atomic E-state index is 12.8. The van der Waals surface area contributed by atoms with Gasteiger partial charge in [0.2, 0.25) is 0 Å². The zero-order chi connectivity index (χ0) is 27.2. The molecule has 10 nitrogen and oxygen atoms in total. The van der Waals surface area contributed by atoms with E-state index in [9.17, 15) is 14.0 Å². The van der Waals surface area contributed by atoms with Crippen LogP contribution < -0.4 is 9.80 Å². The minimum atomic E-state index is -0.772. The van der Waals surface area contributed by atoms with Crippen LogP contribution in [0.5, 0.6) is 0 Å². The molecule has 4 aromatic heterocycles. The van der Waals surface area contributed by atoms with Crippen molar-refractivity contribution in [1.29, 1.82) is 0 Å². The molecule has 0 radical (unpaired) electrons. The lowest BCUT2D eigenvalue weighted by atomic mass is 10.1. The van der Waals surface area contributed by atoms with Crippen LogP contribution in [0, 0.1) is 0 Å². The monoisotopic (exact) mass is 520 g/mol. The summed E-state index contributed by atoms with van der Waals surface area (Å²) in [5, 5.41) is 1.59. The fourth-order valence-corrected chi connectivity index (χ4v) is 3.70. The number of fused-ring (bicyclic) bond motifs is 2. The number of anilines is 2. The SMILES string of the molecule is CCOC(=O)c1cnc2cc(N(C)C)ncc2c1.CCOC(=O)c1cnc2cc(N3CC(F)C3)ncc2c1. The standard InChI is InChI=1S/C14H14FN3O2.C13H15N3O2/c1-2-20-14(19)10-3-9-5-17-13(4-12(9)16-6-10)18-7-11(15)8-18;1-4-18-13(17)10-5-9-7-15-12(16(2)3)6-11(9)14-8-10/h3-6,11H,2,7-8H2,1H3;5-8H,4H2,1-3H3. The maximum Gasteiger partial charge on any atom is 0.339 e. The lowest BCUT2D eigenvalue weighted by Gasteiger charge is -2.35. The molecule has 0 unspecified atom stereocenters. The van der Waals surface area contributed by atoms with E-state index in [1.807, 2.05) is 30.0 Å². The zero-order valence-electron chi connectivity index (χ0n) is 21.7. The molecule has 0 bridgehead atoms. The van der Waals surface area contributed by atoms with Gasteiger partial charge in [-0.05, 0) is 26.0 Å². The van der Waals surface area contributed by atoms with E-state index in [0.717, 1.165) is 27.6 Å². The van der Waals surface area contributed by atoms with Gasteiger partial charge in [0.25, 0.3) is 0 Å². The number of hydrogen-bond acceptors (Lipinski definition) is 10. The van der Waals surface area contributed by atoms with Gasteiger partial charge in [0.05, 0.1) is 48.5 Å². The summed E-state index contributed by atoms with van der Waals surface area (Å²) in [6, 6.07) is 7.12. The number of halogens is 1. The molecule has 198 valence electrons. The van der Waals surface area contributed by atoms with Gasteiger partial charge in [0, 0.05) is 61.8 Å². The Bertz CT molecular complexity index is 1460. The van der Waals surface area contributed by atoms with Crippen LogP contribution >= 0.6 is 0 Å². The summed E-state index contributed by atoms with van der Waals surface area (Å²) < 4.78 is 22.7. The van der Waals surface area contributed by atoms with Crippen LogP contribution in [0.4, 0.5) is 16.0 Å². The summed E-state index contributed by atoms with van der Waals surface area (Å²) in [6.07, 6.45) is 5.59. The number of pyridine rings is 4. The van der Waals surface area contributed by atoms with Crippen LogP contribution in [0.1, 0.15) is 34.6 Å².